The van der Waals surface area contributed by atoms with Crippen molar-refractivity contribution in [1.82, 2.24) is 41.5 Å². The predicted molar refractivity (Wildman–Crippen MR) is 202 cm³/mol. The Morgan fingerprint density at radius 3 is 1.91 bits per heavy atom. The highest BCUT2D eigenvalue weighted by atomic mass is 19.4. The van der Waals surface area contributed by atoms with Gasteiger partial charge in [-0.3, -0.25) is 19.2 Å². The molecule has 0 radical (unpaired) electrons. The average molecular weight is 793 g/mol. The van der Waals surface area contributed by atoms with Crippen LogP contribution < -0.4 is 21.3 Å². The Hall–Kier alpha value is -5.39. The lowest BCUT2D eigenvalue weighted by Crippen LogP contribution is -2.58. The topological polar surface area (TPSA) is 196 Å². The molecule has 2 aromatic carbocycles. The maximum absolute atomic E-state index is 13.0. The van der Waals surface area contributed by atoms with E-state index in [0.29, 0.717) is 13.0 Å². The minimum atomic E-state index is -5.17. The van der Waals surface area contributed by atoms with Gasteiger partial charge in [-0.1, -0.05) is 68.1 Å². The number of benzene rings is 2. The van der Waals surface area contributed by atoms with Crippen LogP contribution in [0.4, 0.5) is 18.0 Å². The standard InChI is InChI=1S/C27H32F3N7O4.C10H19NO3.CH4/c1-26(2,33-25(40)27(28,29)30)24(39)32-21(18-41-17-20-11-7-4-8-12-20)23-34-35-36-37(23)16-14-22(38)31-15-13-19-9-5-3-6-10-19;1-7(12)10(5,6)11-8(13)14-9(2,3)4;/h3-12,21H,13-18H2,1-2H3,(H,31,38)(H,32,39)(H,33,40);1-6H3,(H,11,13);1H4/t21-;;/m1../s1. The Bertz CT molecular complexity index is 1710. The summed E-state index contributed by atoms with van der Waals surface area (Å²) in [7, 11) is 0. The molecular weight excluding hydrogens is 737 g/mol. The van der Waals surface area contributed by atoms with Crippen LogP contribution in [-0.4, -0.2) is 85.8 Å². The maximum Gasteiger partial charge on any atom is 0.471 e. The highest BCUT2D eigenvalue weighted by molar-refractivity contribution is 5.92. The molecule has 0 aliphatic heterocycles. The number of rotatable bonds is 16. The number of alkyl carbamates (subject to hydrolysis) is 1. The number of hydrogen-bond acceptors (Lipinski definition) is 10. The third kappa shape index (κ3) is 17.8. The molecule has 0 fully saturated rings. The smallest absolute Gasteiger partial charge is 0.444 e. The van der Waals surface area contributed by atoms with E-state index >= 15 is 0 Å². The van der Waals surface area contributed by atoms with Crippen LogP contribution in [0.5, 0.6) is 0 Å². The van der Waals surface area contributed by atoms with Crippen LogP contribution in [0.2, 0.25) is 0 Å². The molecule has 0 aliphatic carbocycles. The zero-order valence-electron chi connectivity index (χ0n) is 32.4. The Morgan fingerprint density at radius 1 is 0.804 bits per heavy atom. The molecule has 1 aromatic heterocycles. The molecule has 4 N–H and O–H groups in total. The summed E-state index contributed by atoms with van der Waals surface area (Å²) < 4.78 is 50.5. The lowest BCUT2D eigenvalue weighted by atomic mass is 10.0. The first-order valence-corrected chi connectivity index (χ1v) is 17.4. The van der Waals surface area contributed by atoms with E-state index in [2.05, 4.69) is 31.5 Å². The number of aromatic nitrogens is 4. The second kappa shape index (κ2) is 21.6. The molecule has 310 valence electrons. The summed E-state index contributed by atoms with van der Waals surface area (Å²) in [6.07, 6.45) is -5.04. The molecule has 56 heavy (non-hydrogen) atoms. The normalized spacial score (nSPS) is 12.1. The first-order valence-electron chi connectivity index (χ1n) is 17.4. The predicted octanol–water partition coefficient (Wildman–Crippen LogP) is 4.77. The number of alkyl halides is 3. The fraction of sp³-hybridized carbons (Fsp3) is 0.526. The van der Waals surface area contributed by atoms with Crippen molar-refractivity contribution < 1.29 is 46.6 Å². The van der Waals surface area contributed by atoms with Crippen LogP contribution >= 0.6 is 0 Å². The summed E-state index contributed by atoms with van der Waals surface area (Å²) in [5.74, 6) is -3.39. The third-order valence-electron chi connectivity index (χ3n) is 7.65. The first kappa shape index (κ1) is 48.6. The quantitative estimate of drug-likeness (QED) is 0.157. The van der Waals surface area contributed by atoms with Crippen LogP contribution in [0.3, 0.4) is 0 Å². The van der Waals surface area contributed by atoms with Gasteiger partial charge in [0.05, 0.1) is 25.3 Å². The summed E-state index contributed by atoms with van der Waals surface area (Å²) in [6, 6.07) is 17.8. The van der Waals surface area contributed by atoms with Gasteiger partial charge in [-0.2, -0.15) is 13.2 Å². The summed E-state index contributed by atoms with van der Waals surface area (Å²) in [6.45, 7) is 12.8. The molecule has 0 saturated carbocycles. The van der Waals surface area contributed by atoms with Crippen LogP contribution in [0.15, 0.2) is 60.7 Å². The summed E-state index contributed by atoms with van der Waals surface area (Å²) in [5.41, 5.74) is -1.42. The van der Waals surface area contributed by atoms with E-state index in [0.717, 1.165) is 25.0 Å². The lowest BCUT2D eigenvalue weighted by Gasteiger charge is -2.28. The Labute approximate surface area is 325 Å². The SMILES string of the molecule is C.CC(=O)C(C)(C)NC(=O)OC(C)(C)C.CC(C)(NC(=O)C(F)(F)F)C(=O)N[C@H](COCc1ccccc1)c1nnnn1CCC(=O)NCCc1ccccc1. The van der Waals surface area contributed by atoms with Crippen molar-refractivity contribution in [1.29, 1.82) is 0 Å². The molecule has 1 atom stereocenters. The van der Waals surface area contributed by atoms with Crippen molar-refractivity contribution in [3.63, 3.8) is 0 Å². The molecule has 18 heteroatoms. The number of halogens is 3. The largest absolute Gasteiger partial charge is 0.471 e. The van der Waals surface area contributed by atoms with E-state index in [-0.39, 0.29) is 51.1 Å². The maximum atomic E-state index is 13.0. The number of amides is 4. The van der Waals surface area contributed by atoms with Gasteiger partial charge in [0.15, 0.2) is 11.6 Å². The highest BCUT2D eigenvalue weighted by Crippen LogP contribution is 2.19. The second-order valence-corrected chi connectivity index (χ2v) is 14.5. The zero-order valence-corrected chi connectivity index (χ0v) is 32.4. The molecular formula is C38H55F3N8O7. The molecule has 3 rings (SSSR count). The van der Waals surface area contributed by atoms with Crippen molar-refractivity contribution in [3.05, 3.63) is 77.6 Å². The van der Waals surface area contributed by atoms with Gasteiger partial charge < -0.3 is 30.7 Å². The zero-order chi connectivity index (χ0) is 41.5. The molecule has 3 aromatic rings. The number of ketones is 1. The van der Waals surface area contributed by atoms with Crippen LogP contribution in [0.1, 0.15) is 92.2 Å². The van der Waals surface area contributed by atoms with Crippen LogP contribution in [0, 0.1) is 0 Å². The van der Waals surface area contributed by atoms with Gasteiger partial charge in [-0.05, 0) is 83.4 Å². The minimum absolute atomic E-state index is 0. The van der Waals surface area contributed by atoms with E-state index < -0.39 is 46.8 Å². The Balaban J connectivity index is 0.000000889. The van der Waals surface area contributed by atoms with Gasteiger partial charge in [0.2, 0.25) is 11.8 Å². The molecule has 0 unspecified atom stereocenters. The van der Waals surface area contributed by atoms with Crippen molar-refractivity contribution >= 4 is 29.6 Å². The third-order valence-corrected chi connectivity index (χ3v) is 7.65. The number of nitrogens with one attached hydrogen (secondary N) is 4. The summed E-state index contributed by atoms with van der Waals surface area (Å²) >= 11 is 0. The van der Waals surface area contributed by atoms with E-state index in [1.807, 2.05) is 60.7 Å². The number of ether oxygens (including phenoxy) is 2. The van der Waals surface area contributed by atoms with Crippen LogP contribution in [-0.2, 0) is 48.2 Å². The number of Topliss-reactive ketones (excluding diaryl/α,β-unsaturated/α-hetero) is 1. The van der Waals surface area contributed by atoms with Gasteiger partial charge in [0.1, 0.15) is 17.2 Å². The van der Waals surface area contributed by atoms with E-state index in [1.54, 1.807) is 39.9 Å². The van der Waals surface area contributed by atoms with Gasteiger partial charge >= 0.3 is 18.2 Å². The number of hydrogen-bond donors (Lipinski definition) is 4. The number of aryl methyl sites for hydroxylation is 1. The Kier molecular flexibility index (Phi) is 18.8. The van der Waals surface area contributed by atoms with Crippen molar-refractivity contribution in [2.24, 2.45) is 0 Å². The molecule has 0 bridgehead atoms. The minimum Gasteiger partial charge on any atom is -0.444 e. The van der Waals surface area contributed by atoms with Crippen molar-refractivity contribution in [3.8, 4) is 0 Å². The number of carbonyl (C=O) groups excluding carboxylic acids is 5. The van der Waals surface area contributed by atoms with Crippen molar-refractivity contribution in [2.45, 2.75) is 118 Å². The van der Waals surface area contributed by atoms with E-state index in [4.69, 9.17) is 9.47 Å². The van der Waals surface area contributed by atoms with E-state index in [1.165, 1.54) is 11.6 Å². The molecule has 4 amide bonds. The summed E-state index contributed by atoms with van der Waals surface area (Å²) in [4.78, 5) is 59.3. The van der Waals surface area contributed by atoms with Gasteiger partial charge in [0.25, 0.3) is 0 Å². The number of tetrazole rings is 1. The molecule has 0 spiro atoms. The number of nitrogens with zero attached hydrogens (tertiary/aromatic N) is 4. The van der Waals surface area contributed by atoms with Crippen molar-refractivity contribution in [2.75, 3.05) is 13.2 Å². The molecule has 0 saturated heterocycles. The fourth-order valence-electron chi connectivity index (χ4n) is 4.35. The molecule has 15 nitrogen and oxygen atoms in total. The average Bonchev–Trinajstić information content (AvgIpc) is 3.55. The fourth-order valence-corrected chi connectivity index (χ4v) is 4.35. The van der Waals surface area contributed by atoms with E-state index in [9.17, 15) is 37.1 Å². The monoisotopic (exact) mass is 792 g/mol. The highest BCUT2D eigenvalue weighted by Gasteiger charge is 2.44. The molecule has 0 aliphatic rings. The Morgan fingerprint density at radius 2 is 1.38 bits per heavy atom. The second-order valence-electron chi connectivity index (χ2n) is 14.5. The lowest BCUT2D eigenvalue weighted by molar-refractivity contribution is -0.176. The van der Waals surface area contributed by atoms with Crippen LogP contribution in [0.25, 0.3) is 0 Å². The van der Waals surface area contributed by atoms with Gasteiger partial charge in [0, 0.05) is 13.0 Å². The van der Waals surface area contributed by atoms with Gasteiger partial charge in [-0.25, -0.2) is 9.48 Å². The molecule has 1 heterocycles. The van der Waals surface area contributed by atoms with Gasteiger partial charge in [-0.15, -0.1) is 5.10 Å². The number of carbonyl (C=O) groups is 5. The first-order chi connectivity index (χ1) is 25.5. The summed E-state index contributed by atoms with van der Waals surface area (Å²) in [5, 5.41) is 21.1.